The highest BCUT2D eigenvalue weighted by Gasteiger charge is 2.20. The molecule has 0 unspecified atom stereocenters. The molecule has 4 rings (SSSR count). The number of fused-ring (bicyclic) bond motifs is 2. The van der Waals surface area contributed by atoms with E-state index in [2.05, 4.69) is 11.4 Å². The zero-order valence-electron chi connectivity index (χ0n) is 15.3. The molecule has 0 saturated heterocycles. The summed E-state index contributed by atoms with van der Waals surface area (Å²) in [7, 11) is 0. The van der Waals surface area contributed by atoms with Gasteiger partial charge in [-0.05, 0) is 61.6 Å². The molecule has 0 fully saturated rings. The van der Waals surface area contributed by atoms with Crippen LogP contribution in [0.1, 0.15) is 57.0 Å². The first-order valence-corrected chi connectivity index (χ1v) is 10.2. The first-order chi connectivity index (χ1) is 13.5. The number of rotatable bonds is 3. The summed E-state index contributed by atoms with van der Waals surface area (Å²) < 4.78 is 0. The molecular formula is C21H21N3O3S. The number of aromatic nitrogens is 1. The number of amides is 1. The third-order valence-corrected chi connectivity index (χ3v) is 6.21. The summed E-state index contributed by atoms with van der Waals surface area (Å²) in [6.45, 7) is 0. The Morgan fingerprint density at radius 1 is 1.07 bits per heavy atom. The lowest BCUT2D eigenvalue weighted by atomic mass is 9.96. The Hall–Kier alpha value is -2.93. The van der Waals surface area contributed by atoms with Crippen LogP contribution in [0.4, 0.5) is 11.4 Å². The van der Waals surface area contributed by atoms with E-state index < -0.39 is 5.97 Å². The Balaban J connectivity index is 1.63. The Morgan fingerprint density at radius 2 is 1.79 bits per heavy atom. The van der Waals surface area contributed by atoms with Crippen molar-refractivity contribution in [1.29, 1.82) is 0 Å². The van der Waals surface area contributed by atoms with Gasteiger partial charge in [-0.1, -0.05) is 12.8 Å². The van der Waals surface area contributed by atoms with Crippen LogP contribution < -0.4 is 11.1 Å². The lowest BCUT2D eigenvalue weighted by Crippen LogP contribution is -2.12. The van der Waals surface area contributed by atoms with E-state index in [0.29, 0.717) is 16.3 Å². The van der Waals surface area contributed by atoms with Gasteiger partial charge in [0.25, 0.3) is 5.91 Å². The van der Waals surface area contributed by atoms with E-state index in [9.17, 15) is 9.59 Å². The Labute approximate surface area is 166 Å². The van der Waals surface area contributed by atoms with Crippen molar-refractivity contribution in [3.8, 4) is 0 Å². The van der Waals surface area contributed by atoms with Gasteiger partial charge >= 0.3 is 5.97 Å². The number of nitrogens with two attached hydrogens (primary N) is 1. The fourth-order valence-electron chi connectivity index (χ4n) is 3.57. The number of aromatic carboxylic acids is 1. The van der Waals surface area contributed by atoms with E-state index in [-0.39, 0.29) is 11.5 Å². The monoisotopic (exact) mass is 395 g/mol. The summed E-state index contributed by atoms with van der Waals surface area (Å²) in [5.41, 5.74) is 9.81. The minimum absolute atomic E-state index is 0.168. The van der Waals surface area contributed by atoms with Crippen LogP contribution >= 0.6 is 11.3 Å². The number of hydrogen-bond acceptors (Lipinski definition) is 5. The smallest absolute Gasteiger partial charge is 0.335 e. The molecule has 0 atom stereocenters. The molecule has 2 aromatic heterocycles. The standard InChI is InChI=1S/C21H21N3O3S/c22-17-15-11-13-5-3-1-2-4-6-16(13)24-20(15)28-18(17)19(25)23-14-9-7-12(8-10-14)21(26)27/h7-11H,1-6,22H2,(H,23,25)(H,26,27). The number of thiophene rings is 1. The van der Waals surface area contributed by atoms with Crippen LogP contribution in [0.3, 0.4) is 0 Å². The molecule has 4 N–H and O–H groups in total. The number of nitrogen functional groups attached to an aromatic ring is 1. The minimum Gasteiger partial charge on any atom is -0.478 e. The Morgan fingerprint density at radius 3 is 2.50 bits per heavy atom. The number of hydrogen-bond donors (Lipinski definition) is 3. The van der Waals surface area contributed by atoms with Gasteiger partial charge in [0.05, 0.1) is 11.3 Å². The van der Waals surface area contributed by atoms with Crippen LogP contribution in [0.15, 0.2) is 30.3 Å². The van der Waals surface area contributed by atoms with Gasteiger partial charge in [-0.3, -0.25) is 4.79 Å². The number of nitrogens with one attached hydrogen (secondary N) is 1. The Bertz CT molecular complexity index is 1060. The second-order valence-corrected chi connectivity index (χ2v) is 8.04. The van der Waals surface area contributed by atoms with Crippen LogP contribution in [0, 0.1) is 0 Å². The number of carbonyl (C=O) groups excluding carboxylic acids is 1. The van der Waals surface area contributed by atoms with E-state index in [1.165, 1.54) is 41.9 Å². The highest BCUT2D eigenvalue weighted by atomic mass is 32.1. The van der Waals surface area contributed by atoms with E-state index in [4.69, 9.17) is 15.8 Å². The predicted octanol–water partition coefficient (Wildman–Crippen LogP) is 4.49. The van der Waals surface area contributed by atoms with Crippen LogP contribution in [0.5, 0.6) is 0 Å². The number of anilines is 2. The molecule has 1 aromatic carbocycles. The van der Waals surface area contributed by atoms with Crippen LogP contribution in [-0.4, -0.2) is 22.0 Å². The number of benzene rings is 1. The summed E-state index contributed by atoms with van der Waals surface area (Å²) in [6, 6.07) is 8.14. The van der Waals surface area contributed by atoms with Gasteiger partial charge in [0.1, 0.15) is 9.71 Å². The number of carboxylic acids is 1. The maximum atomic E-state index is 12.7. The second-order valence-electron chi connectivity index (χ2n) is 7.04. The molecule has 0 radical (unpaired) electrons. The molecule has 0 spiro atoms. The number of pyridine rings is 1. The van der Waals surface area contributed by atoms with E-state index in [1.54, 1.807) is 12.1 Å². The van der Waals surface area contributed by atoms with Crippen molar-refractivity contribution >= 4 is 44.8 Å². The molecule has 6 nitrogen and oxygen atoms in total. The first kappa shape index (κ1) is 18.4. The summed E-state index contributed by atoms with van der Waals surface area (Å²) in [6.07, 6.45) is 6.76. The molecule has 2 heterocycles. The fraction of sp³-hybridized carbons (Fsp3) is 0.286. The van der Waals surface area contributed by atoms with Crippen molar-refractivity contribution in [3.05, 3.63) is 52.0 Å². The van der Waals surface area contributed by atoms with Gasteiger partial charge in [0.2, 0.25) is 0 Å². The summed E-state index contributed by atoms with van der Waals surface area (Å²) in [5.74, 6) is -1.32. The molecule has 0 saturated carbocycles. The number of nitrogens with zero attached hydrogens (tertiary/aromatic N) is 1. The Kier molecular flexibility index (Phi) is 5.00. The summed E-state index contributed by atoms with van der Waals surface area (Å²) in [5, 5.41) is 12.6. The van der Waals surface area contributed by atoms with Crippen molar-refractivity contribution in [2.75, 3.05) is 11.1 Å². The normalized spacial score (nSPS) is 14.1. The van der Waals surface area contributed by atoms with Crippen molar-refractivity contribution in [3.63, 3.8) is 0 Å². The third-order valence-electron chi connectivity index (χ3n) is 5.10. The summed E-state index contributed by atoms with van der Waals surface area (Å²) in [4.78, 5) is 29.7. The van der Waals surface area contributed by atoms with Gasteiger partial charge in [-0.15, -0.1) is 11.3 Å². The highest BCUT2D eigenvalue weighted by Crippen LogP contribution is 2.35. The number of carbonyl (C=O) groups is 2. The maximum Gasteiger partial charge on any atom is 0.335 e. The molecule has 7 heteroatoms. The molecule has 144 valence electrons. The van der Waals surface area contributed by atoms with Crippen molar-refractivity contribution in [1.82, 2.24) is 4.98 Å². The van der Waals surface area contributed by atoms with E-state index in [0.717, 1.165) is 41.6 Å². The predicted molar refractivity (Wildman–Crippen MR) is 111 cm³/mol. The molecular weight excluding hydrogens is 374 g/mol. The zero-order valence-corrected chi connectivity index (χ0v) is 16.1. The fourth-order valence-corrected chi connectivity index (χ4v) is 4.56. The molecule has 0 bridgehead atoms. The van der Waals surface area contributed by atoms with Gasteiger partial charge in [-0.2, -0.15) is 0 Å². The zero-order chi connectivity index (χ0) is 19.7. The second kappa shape index (κ2) is 7.59. The average Bonchev–Trinajstić information content (AvgIpc) is 2.98. The maximum absolute atomic E-state index is 12.7. The molecule has 1 aliphatic carbocycles. The van der Waals surface area contributed by atoms with Crippen LogP contribution in [-0.2, 0) is 12.8 Å². The van der Waals surface area contributed by atoms with Crippen LogP contribution in [0.2, 0.25) is 0 Å². The average molecular weight is 395 g/mol. The van der Waals surface area contributed by atoms with Gasteiger partial charge in [-0.25, -0.2) is 9.78 Å². The third kappa shape index (κ3) is 3.57. The number of carboxylic acid groups (broad SMARTS) is 1. The van der Waals surface area contributed by atoms with Crippen LogP contribution in [0.25, 0.3) is 10.2 Å². The quantitative estimate of drug-likeness (QED) is 0.606. The highest BCUT2D eigenvalue weighted by molar-refractivity contribution is 7.21. The van der Waals surface area contributed by atoms with Crippen molar-refractivity contribution in [2.24, 2.45) is 0 Å². The van der Waals surface area contributed by atoms with Gasteiger partial charge in [0, 0.05) is 16.8 Å². The lowest BCUT2D eigenvalue weighted by molar-refractivity contribution is 0.0696. The minimum atomic E-state index is -1.01. The molecule has 0 aliphatic heterocycles. The number of aryl methyl sites for hydroxylation is 2. The summed E-state index contributed by atoms with van der Waals surface area (Å²) >= 11 is 1.30. The molecule has 1 aliphatic rings. The molecule has 3 aromatic rings. The SMILES string of the molecule is Nc1c(C(=O)Nc2ccc(C(=O)O)cc2)sc2nc3c(cc12)CCCCCC3. The lowest BCUT2D eigenvalue weighted by Gasteiger charge is -2.12. The molecule has 28 heavy (non-hydrogen) atoms. The topological polar surface area (TPSA) is 105 Å². The molecule has 1 amide bonds. The van der Waals surface area contributed by atoms with E-state index >= 15 is 0 Å². The van der Waals surface area contributed by atoms with E-state index in [1.807, 2.05) is 0 Å². The van der Waals surface area contributed by atoms with Crippen molar-refractivity contribution in [2.45, 2.75) is 38.5 Å². The van der Waals surface area contributed by atoms with Gasteiger partial charge in [0.15, 0.2) is 0 Å². The van der Waals surface area contributed by atoms with Gasteiger partial charge < -0.3 is 16.2 Å². The van der Waals surface area contributed by atoms with Crippen molar-refractivity contribution < 1.29 is 14.7 Å². The first-order valence-electron chi connectivity index (χ1n) is 9.38. The largest absolute Gasteiger partial charge is 0.478 e.